The van der Waals surface area contributed by atoms with E-state index in [0.29, 0.717) is 5.75 Å². The smallest absolute Gasteiger partial charge is 0.412 e. The Morgan fingerprint density at radius 3 is 2.41 bits per heavy atom. The summed E-state index contributed by atoms with van der Waals surface area (Å²) in [7, 11) is 0. The molecule has 8 nitrogen and oxygen atoms in total. The number of hydrogen-bond donors (Lipinski definition) is 3. The van der Waals surface area contributed by atoms with Crippen molar-refractivity contribution >= 4 is 23.0 Å². The van der Waals surface area contributed by atoms with Crippen LogP contribution in [0.1, 0.15) is 10.4 Å². The molecule has 1 heterocycles. The molecule has 0 atom stereocenters. The van der Waals surface area contributed by atoms with Crippen molar-refractivity contribution in [1.29, 1.82) is 0 Å². The van der Waals surface area contributed by atoms with Gasteiger partial charge in [0.2, 0.25) is 0 Å². The Hall–Kier alpha value is -3.81. The number of hydrogen-bond acceptors (Lipinski definition) is 6. The molecule has 0 saturated heterocycles. The maximum Gasteiger partial charge on any atom is 0.412 e. The van der Waals surface area contributed by atoms with E-state index < -0.39 is 28.9 Å². The number of carbonyl (C=O) groups excluding carboxylic acids is 2. The average Bonchev–Trinajstić information content (AvgIpc) is 2.66. The summed E-state index contributed by atoms with van der Waals surface area (Å²) < 4.78 is 10.1. The molecule has 0 aliphatic rings. The minimum atomic E-state index is -0.944. The van der Waals surface area contributed by atoms with E-state index in [0.717, 1.165) is 0 Å². The summed E-state index contributed by atoms with van der Waals surface area (Å²) in [6.07, 6.45) is -0.677. The quantitative estimate of drug-likeness (QED) is 0.468. The fourth-order valence-electron chi connectivity index (χ4n) is 2.39. The van der Waals surface area contributed by atoms with Gasteiger partial charge in [-0.15, -0.1) is 0 Å². The molecule has 0 fully saturated rings. The molecular formula is C19H16N2O6. The first kappa shape index (κ1) is 18.0. The van der Waals surface area contributed by atoms with Crippen LogP contribution in [0.3, 0.4) is 0 Å². The fourth-order valence-corrected chi connectivity index (χ4v) is 2.39. The maximum absolute atomic E-state index is 12.2. The van der Waals surface area contributed by atoms with Crippen LogP contribution in [-0.2, 0) is 0 Å². The van der Waals surface area contributed by atoms with E-state index in [1.165, 1.54) is 12.1 Å². The van der Waals surface area contributed by atoms with E-state index in [1.807, 2.05) is 0 Å². The maximum atomic E-state index is 12.2. The lowest BCUT2D eigenvalue weighted by molar-refractivity contribution is 0.0947. The van der Waals surface area contributed by atoms with Crippen LogP contribution in [0.2, 0.25) is 0 Å². The molecule has 0 radical (unpaired) electrons. The summed E-state index contributed by atoms with van der Waals surface area (Å²) in [6, 6.07) is 14.8. The van der Waals surface area contributed by atoms with Crippen molar-refractivity contribution in [3.63, 3.8) is 0 Å². The topological polar surface area (TPSA) is 118 Å². The molecule has 27 heavy (non-hydrogen) atoms. The molecule has 3 aromatic rings. The van der Waals surface area contributed by atoms with Gasteiger partial charge < -0.3 is 24.9 Å². The van der Waals surface area contributed by atoms with Gasteiger partial charge in [0, 0.05) is 13.1 Å². The molecule has 138 valence electrons. The third-order valence-corrected chi connectivity index (χ3v) is 3.65. The van der Waals surface area contributed by atoms with Crippen LogP contribution in [0.5, 0.6) is 11.5 Å². The Morgan fingerprint density at radius 1 is 0.963 bits per heavy atom. The van der Waals surface area contributed by atoms with E-state index in [9.17, 15) is 19.5 Å². The molecular weight excluding hydrogens is 352 g/mol. The summed E-state index contributed by atoms with van der Waals surface area (Å²) in [5.74, 6) is -0.862. The highest BCUT2D eigenvalue weighted by Gasteiger charge is 2.20. The molecule has 0 saturated carbocycles. The Labute approximate surface area is 153 Å². The first-order chi connectivity index (χ1) is 13.1. The monoisotopic (exact) mass is 368 g/mol. The number of aromatic hydroxyl groups is 1. The number of rotatable bonds is 5. The van der Waals surface area contributed by atoms with Crippen molar-refractivity contribution in [3.05, 3.63) is 70.6 Å². The molecule has 0 aliphatic heterocycles. The van der Waals surface area contributed by atoms with E-state index in [-0.39, 0.29) is 24.1 Å². The van der Waals surface area contributed by atoms with Crippen LogP contribution >= 0.6 is 0 Å². The lowest BCUT2D eigenvalue weighted by Crippen LogP contribution is -2.37. The van der Waals surface area contributed by atoms with E-state index in [2.05, 4.69) is 10.6 Å². The number of amides is 2. The zero-order chi connectivity index (χ0) is 19.2. The minimum absolute atomic E-state index is 0.0223. The van der Waals surface area contributed by atoms with Gasteiger partial charge in [-0.25, -0.2) is 9.59 Å². The average molecular weight is 368 g/mol. The molecule has 0 unspecified atom stereocenters. The van der Waals surface area contributed by atoms with Gasteiger partial charge in [0.15, 0.2) is 5.56 Å². The zero-order valence-corrected chi connectivity index (χ0v) is 14.1. The van der Waals surface area contributed by atoms with Crippen molar-refractivity contribution in [2.24, 2.45) is 0 Å². The Balaban J connectivity index is 1.56. The second-order valence-corrected chi connectivity index (χ2v) is 5.49. The van der Waals surface area contributed by atoms with Crippen LogP contribution in [-0.4, -0.2) is 30.2 Å². The van der Waals surface area contributed by atoms with Gasteiger partial charge in [-0.05, 0) is 24.3 Å². The van der Waals surface area contributed by atoms with Crippen LogP contribution in [0.15, 0.2) is 63.8 Å². The highest BCUT2D eigenvalue weighted by Crippen LogP contribution is 2.25. The molecule has 3 rings (SSSR count). The number of para-hydroxylation sites is 2. The predicted molar refractivity (Wildman–Crippen MR) is 97.0 cm³/mol. The fraction of sp³-hybridized carbons (Fsp3) is 0.105. The van der Waals surface area contributed by atoms with Crippen LogP contribution in [0.4, 0.5) is 4.79 Å². The van der Waals surface area contributed by atoms with Gasteiger partial charge in [0.05, 0.1) is 5.39 Å². The predicted octanol–water partition coefficient (Wildman–Crippen LogP) is 2.02. The van der Waals surface area contributed by atoms with Gasteiger partial charge in [0.1, 0.15) is 17.1 Å². The number of fused-ring (bicyclic) bond motifs is 1. The molecule has 1 aromatic heterocycles. The molecule has 0 spiro atoms. The molecule has 0 bridgehead atoms. The van der Waals surface area contributed by atoms with E-state index in [4.69, 9.17) is 9.15 Å². The number of nitrogens with one attached hydrogen (secondary N) is 2. The first-order valence-corrected chi connectivity index (χ1v) is 8.10. The second kappa shape index (κ2) is 8.05. The Kier molecular flexibility index (Phi) is 5.36. The third kappa shape index (κ3) is 4.24. The van der Waals surface area contributed by atoms with E-state index in [1.54, 1.807) is 42.5 Å². The SMILES string of the molecule is O=C(NCCNC(=O)c1c(O)c2ccccc2oc1=O)Oc1ccccc1. The van der Waals surface area contributed by atoms with Gasteiger partial charge in [-0.3, -0.25) is 4.79 Å². The molecule has 2 amide bonds. The van der Waals surface area contributed by atoms with Crippen molar-refractivity contribution in [3.8, 4) is 11.5 Å². The van der Waals surface area contributed by atoms with Crippen molar-refractivity contribution in [2.45, 2.75) is 0 Å². The summed E-state index contributed by atoms with van der Waals surface area (Å²) in [6.45, 7) is 0.0888. The van der Waals surface area contributed by atoms with Crippen LogP contribution < -0.4 is 21.0 Å². The van der Waals surface area contributed by atoms with E-state index >= 15 is 0 Å². The summed E-state index contributed by atoms with van der Waals surface area (Å²) >= 11 is 0. The molecule has 8 heteroatoms. The van der Waals surface area contributed by atoms with Crippen molar-refractivity contribution in [2.75, 3.05) is 13.1 Å². The van der Waals surface area contributed by atoms with Gasteiger partial charge in [-0.2, -0.15) is 0 Å². The lowest BCUT2D eigenvalue weighted by Gasteiger charge is -2.09. The first-order valence-electron chi connectivity index (χ1n) is 8.10. The van der Waals surface area contributed by atoms with Gasteiger partial charge in [-0.1, -0.05) is 30.3 Å². The Bertz CT molecular complexity index is 1030. The highest BCUT2D eigenvalue weighted by molar-refractivity contribution is 6.01. The largest absolute Gasteiger partial charge is 0.506 e. The number of benzene rings is 2. The van der Waals surface area contributed by atoms with Crippen LogP contribution in [0, 0.1) is 0 Å². The summed E-state index contributed by atoms with van der Waals surface area (Å²) in [5.41, 5.74) is -1.25. The van der Waals surface area contributed by atoms with Crippen LogP contribution in [0.25, 0.3) is 11.0 Å². The highest BCUT2D eigenvalue weighted by atomic mass is 16.6. The van der Waals surface area contributed by atoms with Crippen molar-refractivity contribution in [1.82, 2.24) is 10.6 Å². The lowest BCUT2D eigenvalue weighted by atomic mass is 10.1. The standard InChI is InChI=1S/C19H16N2O6/c22-16-13-8-4-5-9-14(13)27-18(24)15(16)17(23)20-10-11-21-19(25)26-12-6-2-1-3-7-12/h1-9,22H,10-11H2,(H,20,23)(H,21,25). The number of carbonyl (C=O) groups is 2. The summed E-state index contributed by atoms with van der Waals surface area (Å²) in [4.78, 5) is 35.8. The molecule has 0 aliphatic carbocycles. The normalized spacial score (nSPS) is 10.4. The minimum Gasteiger partial charge on any atom is -0.506 e. The van der Waals surface area contributed by atoms with Crippen molar-refractivity contribution < 1.29 is 23.8 Å². The molecule has 3 N–H and O–H groups in total. The second-order valence-electron chi connectivity index (χ2n) is 5.49. The number of ether oxygens (including phenoxy) is 1. The zero-order valence-electron chi connectivity index (χ0n) is 14.1. The van der Waals surface area contributed by atoms with Gasteiger partial charge in [0.25, 0.3) is 5.91 Å². The van der Waals surface area contributed by atoms with Gasteiger partial charge >= 0.3 is 11.7 Å². The Morgan fingerprint density at radius 2 is 1.63 bits per heavy atom. The molecule has 2 aromatic carbocycles. The third-order valence-electron chi connectivity index (χ3n) is 3.65. The summed E-state index contributed by atoms with van der Waals surface area (Å²) in [5, 5.41) is 15.3.